The highest BCUT2D eigenvalue weighted by Crippen LogP contribution is 2.44. The van der Waals surface area contributed by atoms with Gasteiger partial charge in [0.15, 0.2) is 6.10 Å². The van der Waals surface area contributed by atoms with Gasteiger partial charge in [0, 0.05) is 18.9 Å². The minimum absolute atomic E-state index is 0.00516. The summed E-state index contributed by atoms with van der Waals surface area (Å²) in [4.78, 5) is 36.9. The minimum atomic E-state index is -1.55. The Morgan fingerprint density at radius 2 is 1.71 bits per heavy atom. The van der Waals surface area contributed by atoms with E-state index in [1.165, 1.54) is 0 Å². The molecule has 2 aromatic carbocycles. The van der Waals surface area contributed by atoms with Crippen molar-refractivity contribution in [2.24, 2.45) is 5.92 Å². The second kappa shape index (κ2) is 10.5. The molecule has 3 unspecified atom stereocenters. The monoisotopic (exact) mass is 480 g/mol. The minimum Gasteiger partial charge on any atom is -0.479 e. The summed E-state index contributed by atoms with van der Waals surface area (Å²) < 4.78 is 5.68. The molecule has 0 bridgehead atoms. The number of benzene rings is 2. The van der Waals surface area contributed by atoms with E-state index in [1.807, 2.05) is 43.3 Å². The zero-order chi connectivity index (χ0) is 25.0. The molecule has 0 saturated heterocycles. The standard InChI is InChI=1S/C27H32N2O6/c1-17-7-6-13-27(15-17,25(33)28-14-12-23(30)24(31)32)29-26(34)35-16-22-20-10-4-2-8-18(20)19-9-3-5-11-21(19)22/h2-5,8-11,17,22-23,30H,6-7,12-16H2,1H3,(H,28,33)(H,29,34)(H,31,32). The van der Waals surface area contributed by atoms with Gasteiger partial charge in [-0.25, -0.2) is 9.59 Å². The number of aliphatic hydroxyl groups is 1. The fourth-order valence-corrected chi connectivity index (χ4v) is 5.37. The van der Waals surface area contributed by atoms with Crippen LogP contribution in [0.2, 0.25) is 0 Å². The molecule has 1 saturated carbocycles. The number of aliphatic carboxylic acids is 1. The van der Waals surface area contributed by atoms with Crippen LogP contribution in [0.1, 0.15) is 56.1 Å². The normalized spacial score (nSPS) is 21.9. The van der Waals surface area contributed by atoms with Gasteiger partial charge in [-0.3, -0.25) is 4.79 Å². The van der Waals surface area contributed by atoms with Crippen molar-refractivity contribution in [3.8, 4) is 11.1 Å². The summed E-state index contributed by atoms with van der Waals surface area (Å²) in [6.45, 7) is 2.18. The van der Waals surface area contributed by atoms with Crippen LogP contribution in [0.3, 0.4) is 0 Å². The van der Waals surface area contributed by atoms with Crippen molar-refractivity contribution < 1.29 is 29.3 Å². The third-order valence-corrected chi connectivity index (χ3v) is 7.11. The molecule has 4 rings (SSSR count). The van der Waals surface area contributed by atoms with Crippen molar-refractivity contribution in [1.29, 1.82) is 0 Å². The van der Waals surface area contributed by atoms with E-state index in [2.05, 4.69) is 22.8 Å². The molecule has 8 heteroatoms. The number of ether oxygens (including phenoxy) is 1. The average Bonchev–Trinajstić information content (AvgIpc) is 3.16. The molecule has 1 fully saturated rings. The van der Waals surface area contributed by atoms with E-state index in [0.29, 0.717) is 12.8 Å². The van der Waals surface area contributed by atoms with Gasteiger partial charge in [0.1, 0.15) is 12.1 Å². The van der Waals surface area contributed by atoms with Crippen molar-refractivity contribution in [3.05, 3.63) is 59.7 Å². The lowest BCUT2D eigenvalue weighted by atomic mass is 9.75. The molecule has 0 radical (unpaired) electrons. The topological polar surface area (TPSA) is 125 Å². The molecule has 3 atom stereocenters. The maximum atomic E-state index is 13.1. The van der Waals surface area contributed by atoms with Crippen LogP contribution >= 0.6 is 0 Å². The van der Waals surface area contributed by atoms with Gasteiger partial charge in [-0.15, -0.1) is 0 Å². The summed E-state index contributed by atoms with van der Waals surface area (Å²) in [5, 5.41) is 23.8. The first-order chi connectivity index (χ1) is 16.8. The summed E-state index contributed by atoms with van der Waals surface area (Å²) in [6, 6.07) is 16.2. The van der Waals surface area contributed by atoms with Gasteiger partial charge < -0.3 is 25.6 Å². The molecule has 0 spiro atoms. The van der Waals surface area contributed by atoms with Gasteiger partial charge in [0.25, 0.3) is 0 Å². The van der Waals surface area contributed by atoms with Gasteiger partial charge in [-0.1, -0.05) is 68.3 Å². The first-order valence-electron chi connectivity index (χ1n) is 12.1. The Morgan fingerprint density at radius 1 is 1.09 bits per heavy atom. The van der Waals surface area contributed by atoms with Crippen LogP contribution < -0.4 is 10.6 Å². The molecule has 0 aliphatic heterocycles. The Labute approximate surface area is 204 Å². The van der Waals surface area contributed by atoms with E-state index in [-0.39, 0.29) is 37.3 Å². The zero-order valence-electron chi connectivity index (χ0n) is 19.8. The summed E-state index contributed by atoms with van der Waals surface area (Å²) in [5.74, 6) is -1.57. The van der Waals surface area contributed by atoms with Crippen LogP contribution in [0.4, 0.5) is 4.79 Å². The maximum Gasteiger partial charge on any atom is 0.408 e. The number of hydrogen-bond acceptors (Lipinski definition) is 5. The van der Waals surface area contributed by atoms with E-state index in [9.17, 15) is 19.5 Å². The third-order valence-electron chi connectivity index (χ3n) is 7.11. The summed E-state index contributed by atoms with van der Waals surface area (Å²) in [5.41, 5.74) is 3.36. The number of hydrogen-bond donors (Lipinski definition) is 4. The molecule has 2 aliphatic carbocycles. The smallest absolute Gasteiger partial charge is 0.408 e. The van der Waals surface area contributed by atoms with Gasteiger partial charge in [0.05, 0.1) is 0 Å². The number of rotatable bonds is 8. The Bertz CT molecular complexity index is 1060. The maximum absolute atomic E-state index is 13.1. The summed E-state index contributed by atoms with van der Waals surface area (Å²) >= 11 is 0. The van der Waals surface area contributed by atoms with Crippen LogP contribution in [-0.4, -0.2) is 53.0 Å². The summed E-state index contributed by atoms with van der Waals surface area (Å²) in [7, 11) is 0. The highest BCUT2D eigenvalue weighted by molar-refractivity contribution is 5.90. The second-order valence-electron chi connectivity index (χ2n) is 9.63. The molecule has 35 heavy (non-hydrogen) atoms. The Balaban J connectivity index is 1.42. The third kappa shape index (κ3) is 5.32. The first-order valence-corrected chi connectivity index (χ1v) is 12.1. The Morgan fingerprint density at radius 3 is 2.31 bits per heavy atom. The van der Waals surface area contributed by atoms with E-state index in [1.54, 1.807) is 0 Å². The highest BCUT2D eigenvalue weighted by atomic mass is 16.5. The van der Waals surface area contributed by atoms with E-state index < -0.39 is 23.7 Å². The van der Waals surface area contributed by atoms with Crippen LogP contribution in [0.25, 0.3) is 11.1 Å². The number of carboxylic acid groups (broad SMARTS) is 1. The quantitative estimate of drug-likeness (QED) is 0.459. The van der Waals surface area contributed by atoms with Gasteiger partial charge >= 0.3 is 12.1 Å². The van der Waals surface area contributed by atoms with Gasteiger partial charge in [0.2, 0.25) is 5.91 Å². The molecule has 4 N–H and O–H groups in total. The number of amides is 2. The largest absolute Gasteiger partial charge is 0.479 e. The molecule has 8 nitrogen and oxygen atoms in total. The van der Waals surface area contributed by atoms with Crippen LogP contribution in [0, 0.1) is 5.92 Å². The fourth-order valence-electron chi connectivity index (χ4n) is 5.37. The number of carbonyl (C=O) groups excluding carboxylic acids is 2. The molecule has 2 amide bonds. The molecule has 0 heterocycles. The van der Waals surface area contributed by atoms with Crippen molar-refractivity contribution >= 4 is 18.0 Å². The molecular weight excluding hydrogens is 448 g/mol. The lowest BCUT2D eigenvalue weighted by Crippen LogP contribution is -2.61. The lowest BCUT2D eigenvalue weighted by Gasteiger charge is -2.39. The van der Waals surface area contributed by atoms with E-state index in [0.717, 1.165) is 35.1 Å². The number of fused-ring (bicyclic) bond motifs is 3. The summed E-state index contributed by atoms with van der Waals surface area (Å²) in [6.07, 6.45) is 0.347. The SMILES string of the molecule is CC1CCCC(NC(=O)OCC2c3ccccc3-c3ccccc32)(C(=O)NCCC(O)C(=O)O)C1. The first kappa shape index (κ1) is 24.7. The fraction of sp³-hybridized carbons (Fsp3) is 0.444. The number of carbonyl (C=O) groups is 3. The molecular formula is C27H32N2O6. The van der Waals surface area contributed by atoms with Crippen molar-refractivity contribution in [3.63, 3.8) is 0 Å². The molecule has 186 valence electrons. The predicted molar refractivity (Wildman–Crippen MR) is 130 cm³/mol. The van der Waals surface area contributed by atoms with E-state index in [4.69, 9.17) is 9.84 Å². The Kier molecular flexibility index (Phi) is 7.40. The zero-order valence-corrected chi connectivity index (χ0v) is 19.8. The van der Waals surface area contributed by atoms with Crippen molar-refractivity contribution in [1.82, 2.24) is 10.6 Å². The lowest BCUT2D eigenvalue weighted by molar-refractivity contribution is -0.147. The van der Waals surface area contributed by atoms with Gasteiger partial charge in [-0.05, 0) is 41.0 Å². The predicted octanol–water partition coefficient (Wildman–Crippen LogP) is 3.43. The van der Waals surface area contributed by atoms with Crippen LogP contribution in [0.15, 0.2) is 48.5 Å². The number of carboxylic acids is 1. The number of alkyl carbamates (subject to hydrolysis) is 1. The van der Waals surface area contributed by atoms with Crippen LogP contribution in [-0.2, 0) is 14.3 Å². The number of nitrogens with one attached hydrogen (secondary N) is 2. The Hall–Kier alpha value is -3.39. The molecule has 2 aliphatic rings. The van der Waals surface area contributed by atoms with E-state index >= 15 is 0 Å². The average molecular weight is 481 g/mol. The molecule has 0 aromatic heterocycles. The highest BCUT2D eigenvalue weighted by Gasteiger charge is 2.43. The second-order valence-corrected chi connectivity index (χ2v) is 9.63. The van der Waals surface area contributed by atoms with Crippen molar-refractivity contribution in [2.45, 2.75) is 56.6 Å². The van der Waals surface area contributed by atoms with Crippen LogP contribution in [0.5, 0.6) is 0 Å². The van der Waals surface area contributed by atoms with Crippen molar-refractivity contribution in [2.75, 3.05) is 13.2 Å². The van der Waals surface area contributed by atoms with Gasteiger partial charge in [-0.2, -0.15) is 0 Å². The number of aliphatic hydroxyl groups excluding tert-OH is 1. The molecule has 2 aromatic rings.